The minimum absolute atomic E-state index is 0.342. The van der Waals surface area contributed by atoms with Gasteiger partial charge in [0.2, 0.25) is 0 Å². The zero-order valence-electron chi connectivity index (χ0n) is 11.8. The smallest absolute Gasteiger partial charge is 0.127 e. The number of hydrogen-bond donors (Lipinski definition) is 0. The quantitative estimate of drug-likeness (QED) is 0.596. The second kappa shape index (κ2) is 5.17. The summed E-state index contributed by atoms with van der Waals surface area (Å²) in [6, 6.07) is 12.2. The summed E-state index contributed by atoms with van der Waals surface area (Å²) in [6.45, 7) is 0. The molecule has 2 aromatic carbocycles. The van der Waals surface area contributed by atoms with Crippen LogP contribution in [0.5, 0.6) is 5.75 Å². The van der Waals surface area contributed by atoms with Crippen molar-refractivity contribution in [2.45, 2.75) is 43.0 Å². The van der Waals surface area contributed by atoms with E-state index in [1.165, 1.54) is 25.7 Å². The van der Waals surface area contributed by atoms with Crippen molar-refractivity contribution >= 4 is 38.3 Å². The van der Waals surface area contributed by atoms with Crippen LogP contribution in [0.3, 0.4) is 0 Å². The first-order chi connectivity index (χ1) is 10.2. The minimum atomic E-state index is 0.342. The predicted octanol–water partition coefficient (Wildman–Crippen LogP) is 5.97. The molecule has 1 spiro atoms. The van der Waals surface area contributed by atoms with Gasteiger partial charge >= 0.3 is 0 Å². The highest BCUT2D eigenvalue weighted by Crippen LogP contribution is 2.58. The van der Waals surface area contributed by atoms with E-state index in [0.29, 0.717) is 16.3 Å². The molecule has 2 fully saturated rings. The molecule has 1 nitrogen and oxygen atoms in total. The summed E-state index contributed by atoms with van der Waals surface area (Å²) in [7, 11) is 0. The first-order valence-electron chi connectivity index (χ1n) is 7.69. The van der Waals surface area contributed by atoms with E-state index in [9.17, 15) is 0 Å². The topological polar surface area (TPSA) is 9.23 Å². The van der Waals surface area contributed by atoms with E-state index in [4.69, 9.17) is 16.3 Å². The largest absolute Gasteiger partial charge is 0.489 e. The Morgan fingerprint density at radius 3 is 2.48 bits per heavy atom. The third kappa shape index (κ3) is 2.10. The maximum absolute atomic E-state index is 6.44. The van der Waals surface area contributed by atoms with E-state index >= 15 is 0 Å². The van der Waals surface area contributed by atoms with Gasteiger partial charge in [-0.2, -0.15) is 0 Å². The van der Waals surface area contributed by atoms with Crippen LogP contribution in [0.4, 0.5) is 0 Å². The molecule has 4 rings (SSSR count). The standard InChI is InChI=1S/C18H18BrClO/c19-16-11-17(18(16)9-3-4-10-18)21-15-8-7-14(20)12-5-1-2-6-13(12)15/h1-2,5-8,16-17H,3-4,9-11H2. The summed E-state index contributed by atoms with van der Waals surface area (Å²) < 4.78 is 6.44. The van der Waals surface area contributed by atoms with Gasteiger partial charge in [0.1, 0.15) is 11.9 Å². The Morgan fingerprint density at radius 1 is 1.05 bits per heavy atom. The van der Waals surface area contributed by atoms with Crippen molar-refractivity contribution < 1.29 is 4.74 Å². The Hall–Kier alpha value is -0.730. The molecule has 0 amide bonds. The molecule has 0 radical (unpaired) electrons. The van der Waals surface area contributed by atoms with E-state index in [1.807, 2.05) is 24.3 Å². The number of halogens is 2. The van der Waals surface area contributed by atoms with E-state index in [1.54, 1.807) is 0 Å². The SMILES string of the molecule is Clc1ccc(OC2CC(Br)C23CCCC3)c2ccccc12. The number of hydrogen-bond acceptors (Lipinski definition) is 1. The van der Waals surface area contributed by atoms with E-state index < -0.39 is 0 Å². The van der Waals surface area contributed by atoms with Crippen molar-refractivity contribution in [3.63, 3.8) is 0 Å². The third-order valence-electron chi connectivity index (χ3n) is 5.32. The molecule has 2 atom stereocenters. The summed E-state index contributed by atoms with van der Waals surface area (Å²) in [5, 5.41) is 2.99. The van der Waals surface area contributed by atoms with Gasteiger partial charge in [-0.05, 0) is 31.4 Å². The van der Waals surface area contributed by atoms with Gasteiger partial charge in [-0.25, -0.2) is 0 Å². The van der Waals surface area contributed by atoms with Crippen LogP contribution >= 0.6 is 27.5 Å². The number of alkyl halides is 1. The molecule has 0 aliphatic heterocycles. The van der Waals surface area contributed by atoms with Crippen LogP contribution in [0, 0.1) is 5.41 Å². The fraction of sp³-hybridized carbons (Fsp3) is 0.444. The Balaban J connectivity index is 1.68. The highest BCUT2D eigenvalue weighted by molar-refractivity contribution is 9.09. The van der Waals surface area contributed by atoms with Crippen molar-refractivity contribution in [1.29, 1.82) is 0 Å². The molecule has 0 aromatic heterocycles. The number of fused-ring (bicyclic) bond motifs is 1. The maximum Gasteiger partial charge on any atom is 0.127 e. The van der Waals surface area contributed by atoms with Gasteiger partial charge in [0.15, 0.2) is 0 Å². The lowest BCUT2D eigenvalue weighted by Crippen LogP contribution is -2.55. The Morgan fingerprint density at radius 2 is 1.76 bits per heavy atom. The molecular weight excluding hydrogens is 348 g/mol. The second-order valence-corrected chi connectivity index (χ2v) is 7.85. The normalized spacial score (nSPS) is 27.0. The molecule has 3 heteroatoms. The zero-order chi connectivity index (χ0) is 14.4. The Labute approximate surface area is 138 Å². The summed E-state index contributed by atoms with van der Waals surface area (Å²) in [6.07, 6.45) is 6.70. The first-order valence-corrected chi connectivity index (χ1v) is 8.98. The van der Waals surface area contributed by atoms with Gasteiger partial charge in [0.25, 0.3) is 0 Å². The molecule has 0 N–H and O–H groups in total. The summed E-state index contributed by atoms with van der Waals surface area (Å²) in [4.78, 5) is 0.621. The van der Waals surface area contributed by atoms with E-state index in [2.05, 4.69) is 28.1 Å². The molecule has 0 saturated heterocycles. The number of rotatable bonds is 2. The van der Waals surface area contributed by atoms with Crippen molar-refractivity contribution in [3.05, 3.63) is 41.4 Å². The van der Waals surface area contributed by atoms with E-state index in [0.717, 1.165) is 28.0 Å². The maximum atomic E-state index is 6.44. The lowest BCUT2D eigenvalue weighted by Gasteiger charge is -2.51. The van der Waals surface area contributed by atoms with Crippen LogP contribution in [-0.2, 0) is 0 Å². The monoisotopic (exact) mass is 364 g/mol. The third-order valence-corrected chi connectivity index (χ3v) is 6.94. The van der Waals surface area contributed by atoms with Crippen LogP contribution in [0.15, 0.2) is 36.4 Å². The average molecular weight is 366 g/mol. The molecule has 21 heavy (non-hydrogen) atoms. The van der Waals surface area contributed by atoms with Gasteiger partial charge < -0.3 is 4.74 Å². The van der Waals surface area contributed by atoms with Crippen molar-refractivity contribution in [2.75, 3.05) is 0 Å². The van der Waals surface area contributed by atoms with Crippen molar-refractivity contribution in [2.24, 2.45) is 5.41 Å². The Kier molecular flexibility index (Phi) is 3.42. The molecule has 110 valence electrons. The van der Waals surface area contributed by atoms with Crippen LogP contribution in [0.25, 0.3) is 10.8 Å². The highest BCUT2D eigenvalue weighted by atomic mass is 79.9. The van der Waals surface area contributed by atoms with Crippen LogP contribution < -0.4 is 4.74 Å². The molecule has 2 aliphatic rings. The summed E-state index contributed by atoms with van der Waals surface area (Å²) in [5.41, 5.74) is 0.362. The highest BCUT2D eigenvalue weighted by Gasteiger charge is 2.56. The molecule has 2 unspecified atom stereocenters. The average Bonchev–Trinajstić information content (AvgIpc) is 3.02. The zero-order valence-corrected chi connectivity index (χ0v) is 14.2. The molecule has 2 saturated carbocycles. The molecule has 2 aromatic rings. The molecule has 0 bridgehead atoms. The summed E-state index contributed by atoms with van der Waals surface area (Å²) >= 11 is 10.2. The lowest BCUT2D eigenvalue weighted by molar-refractivity contribution is -0.0294. The second-order valence-electron chi connectivity index (χ2n) is 6.34. The summed E-state index contributed by atoms with van der Waals surface area (Å²) in [5.74, 6) is 0.977. The molecule has 2 aliphatic carbocycles. The Bertz CT molecular complexity index is 678. The number of ether oxygens (including phenoxy) is 1. The molecule has 0 heterocycles. The van der Waals surface area contributed by atoms with Crippen molar-refractivity contribution in [1.82, 2.24) is 0 Å². The van der Waals surface area contributed by atoms with Crippen LogP contribution in [0.2, 0.25) is 5.02 Å². The predicted molar refractivity (Wildman–Crippen MR) is 91.6 cm³/mol. The van der Waals surface area contributed by atoms with Gasteiger partial charge in [0, 0.05) is 26.0 Å². The fourth-order valence-electron chi connectivity index (χ4n) is 4.02. The van der Waals surface area contributed by atoms with Crippen molar-refractivity contribution in [3.8, 4) is 5.75 Å². The van der Waals surface area contributed by atoms with E-state index in [-0.39, 0.29) is 0 Å². The number of benzene rings is 2. The van der Waals surface area contributed by atoms with Crippen LogP contribution in [0.1, 0.15) is 32.1 Å². The fourth-order valence-corrected chi connectivity index (χ4v) is 5.34. The minimum Gasteiger partial charge on any atom is -0.489 e. The van der Waals surface area contributed by atoms with Gasteiger partial charge in [0.05, 0.1) is 0 Å². The first kappa shape index (κ1) is 13.9. The molecular formula is C18H18BrClO. The van der Waals surface area contributed by atoms with Gasteiger partial charge in [-0.3, -0.25) is 0 Å². The van der Waals surface area contributed by atoms with Gasteiger partial charge in [-0.15, -0.1) is 0 Å². The lowest BCUT2D eigenvalue weighted by atomic mass is 9.64. The van der Waals surface area contributed by atoms with Gasteiger partial charge in [-0.1, -0.05) is 64.6 Å². The van der Waals surface area contributed by atoms with Crippen LogP contribution in [-0.4, -0.2) is 10.9 Å².